The Labute approximate surface area is 369 Å². The lowest BCUT2D eigenvalue weighted by atomic mass is 9.93. The number of hydrogen-bond donors (Lipinski definition) is 3. The quantitative estimate of drug-likeness (QED) is 0.0282. The zero-order valence-corrected chi connectivity index (χ0v) is 36.5. The lowest BCUT2D eigenvalue weighted by Crippen LogP contribution is -2.36. The maximum absolute atomic E-state index is 14.3. The zero-order chi connectivity index (χ0) is 44.0. The molecular formula is C46H50ClN7O7S. The summed E-state index contributed by atoms with van der Waals surface area (Å²) in [4.78, 5) is 66.9. The number of para-hydroxylation sites is 1. The predicted molar refractivity (Wildman–Crippen MR) is 241 cm³/mol. The Morgan fingerprint density at radius 2 is 1.48 bits per heavy atom. The monoisotopic (exact) mass is 879 g/mol. The first kappa shape index (κ1) is 45.3. The first-order valence-electron chi connectivity index (χ1n) is 20.9. The van der Waals surface area contributed by atoms with Crippen LogP contribution in [0.1, 0.15) is 107 Å². The standard InChI is InChI=1S/C46H50ClN7O7S/c1-4-5-6-7-8-9-10-11-12-16-24-60-46(59)32-19-17-18-31(25-32)41(40-43(57)52-54(45(40)58)35-20-14-13-15-21-35)61-42-38(48-29(2)55)27-34(28-39(42)49-30(3)56)50-51-44-36-26-33(47)22-23-37(36)53-62-44/h13-15,17-23,25-28,40-41H,4-12,16,24H2,1-3H3,(H,48,55)(H,49,56)(H,52,57). The van der Waals surface area contributed by atoms with Crippen LogP contribution in [-0.2, 0) is 23.9 Å². The lowest BCUT2D eigenvalue weighted by Gasteiger charge is -2.26. The van der Waals surface area contributed by atoms with Gasteiger partial charge in [0.1, 0.15) is 6.10 Å². The third kappa shape index (κ3) is 12.0. The molecule has 2 heterocycles. The molecule has 0 aliphatic carbocycles. The fraction of sp³-hybridized carbons (Fsp3) is 0.348. The number of fused-ring (bicyclic) bond motifs is 1. The molecular weight excluding hydrogens is 830 g/mol. The van der Waals surface area contributed by atoms with E-state index in [0.29, 0.717) is 26.6 Å². The van der Waals surface area contributed by atoms with E-state index in [1.807, 2.05) is 0 Å². The van der Waals surface area contributed by atoms with Crippen LogP contribution in [0.5, 0.6) is 5.75 Å². The number of azo groups is 1. The van der Waals surface area contributed by atoms with Crippen molar-refractivity contribution in [2.45, 2.75) is 91.1 Å². The summed E-state index contributed by atoms with van der Waals surface area (Å²) in [6.07, 6.45) is 10.0. The van der Waals surface area contributed by atoms with Crippen LogP contribution in [-0.4, -0.2) is 40.6 Å². The molecule has 1 aliphatic rings. The minimum atomic E-state index is -1.49. The number of hydrazine groups is 1. The van der Waals surface area contributed by atoms with E-state index >= 15 is 0 Å². The molecule has 4 aromatic carbocycles. The van der Waals surface area contributed by atoms with Crippen molar-refractivity contribution in [3.8, 4) is 5.75 Å². The molecule has 0 spiro atoms. The third-order valence-electron chi connectivity index (χ3n) is 10.1. The van der Waals surface area contributed by atoms with Crippen molar-refractivity contribution in [2.24, 2.45) is 16.1 Å². The molecule has 5 aromatic rings. The summed E-state index contributed by atoms with van der Waals surface area (Å²) in [6.45, 7) is 5.03. The molecule has 1 aliphatic heterocycles. The van der Waals surface area contributed by atoms with Gasteiger partial charge in [-0.2, -0.15) is 4.37 Å². The Morgan fingerprint density at radius 1 is 0.823 bits per heavy atom. The topological polar surface area (TPSA) is 181 Å². The Hall–Kier alpha value is -6.19. The van der Waals surface area contributed by atoms with Crippen LogP contribution >= 0.6 is 23.1 Å². The fourth-order valence-electron chi connectivity index (χ4n) is 7.10. The van der Waals surface area contributed by atoms with E-state index in [2.05, 4.69) is 37.6 Å². The Kier molecular flexibility index (Phi) is 16.1. The van der Waals surface area contributed by atoms with Crippen molar-refractivity contribution in [1.29, 1.82) is 0 Å². The van der Waals surface area contributed by atoms with Crippen molar-refractivity contribution in [2.75, 3.05) is 22.2 Å². The number of carbonyl (C=O) groups excluding carboxylic acids is 5. The molecule has 14 nitrogen and oxygen atoms in total. The van der Waals surface area contributed by atoms with Crippen LogP contribution in [0.2, 0.25) is 5.02 Å². The average molecular weight is 880 g/mol. The first-order chi connectivity index (χ1) is 30.0. The molecule has 1 aromatic heterocycles. The van der Waals surface area contributed by atoms with Crippen LogP contribution in [0.25, 0.3) is 10.9 Å². The molecule has 2 unspecified atom stereocenters. The molecule has 62 heavy (non-hydrogen) atoms. The summed E-state index contributed by atoms with van der Waals surface area (Å²) in [5, 5.41) is 17.1. The normalized spacial score (nSPS) is 14.3. The van der Waals surface area contributed by atoms with Gasteiger partial charge in [-0.25, -0.2) is 9.80 Å². The summed E-state index contributed by atoms with van der Waals surface area (Å²) in [5.41, 5.74) is 4.54. The number of rotatable bonds is 21. The van der Waals surface area contributed by atoms with Crippen LogP contribution in [0, 0.1) is 5.92 Å². The molecule has 2 atom stereocenters. The van der Waals surface area contributed by atoms with E-state index in [1.54, 1.807) is 66.7 Å². The van der Waals surface area contributed by atoms with Crippen molar-refractivity contribution in [3.63, 3.8) is 0 Å². The second-order valence-electron chi connectivity index (χ2n) is 15.0. The van der Waals surface area contributed by atoms with Gasteiger partial charge in [-0.05, 0) is 78.1 Å². The molecule has 4 amide bonds. The SMILES string of the molecule is CCCCCCCCCCCCOC(=O)c1cccc(C(Oc2c(NC(C)=O)cc(N=Nc3snc4ccc(Cl)cc34)cc2NC(C)=O)C2C(=O)NN(c3ccccc3)C2=O)c1. The summed E-state index contributed by atoms with van der Waals surface area (Å²) in [7, 11) is 0. The Morgan fingerprint density at radius 3 is 2.15 bits per heavy atom. The number of amides is 4. The molecule has 0 radical (unpaired) electrons. The van der Waals surface area contributed by atoms with Crippen LogP contribution in [0.3, 0.4) is 0 Å². The lowest BCUT2D eigenvalue weighted by molar-refractivity contribution is -0.131. The van der Waals surface area contributed by atoms with Gasteiger partial charge in [0.05, 0.1) is 40.4 Å². The largest absolute Gasteiger partial charge is 0.480 e. The maximum Gasteiger partial charge on any atom is 0.338 e. The molecule has 1 fully saturated rings. The summed E-state index contributed by atoms with van der Waals surface area (Å²) >= 11 is 7.35. The van der Waals surface area contributed by atoms with Gasteiger partial charge < -0.3 is 20.1 Å². The van der Waals surface area contributed by atoms with Gasteiger partial charge in [0.2, 0.25) is 11.8 Å². The molecule has 1 saturated heterocycles. The smallest absolute Gasteiger partial charge is 0.338 e. The van der Waals surface area contributed by atoms with Gasteiger partial charge in [-0.3, -0.25) is 24.6 Å². The number of unbranched alkanes of at least 4 members (excludes halogenated alkanes) is 9. The van der Waals surface area contributed by atoms with Crippen molar-refractivity contribution in [3.05, 3.63) is 101 Å². The summed E-state index contributed by atoms with van der Waals surface area (Å²) in [5.74, 6) is -4.44. The number of nitrogens with one attached hydrogen (secondary N) is 3. The highest BCUT2D eigenvalue weighted by Crippen LogP contribution is 2.44. The maximum atomic E-state index is 14.3. The molecule has 0 saturated carbocycles. The molecule has 324 valence electrons. The fourth-order valence-corrected chi connectivity index (χ4v) is 7.95. The van der Waals surface area contributed by atoms with Gasteiger partial charge >= 0.3 is 5.97 Å². The highest BCUT2D eigenvalue weighted by Gasteiger charge is 2.47. The number of nitrogens with zero attached hydrogens (tertiary/aromatic N) is 4. The number of ether oxygens (including phenoxy) is 2. The van der Waals surface area contributed by atoms with E-state index in [9.17, 15) is 24.0 Å². The van der Waals surface area contributed by atoms with Gasteiger partial charge in [0.15, 0.2) is 16.7 Å². The van der Waals surface area contributed by atoms with Crippen molar-refractivity contribution >= 4 is 91.4 Å². The number of hydrogen-bond acceptors (Lipinski definition) is 11. The number of anilines is 3. The van der Waals surface area contributed by atoms with E-state index in [4.69, 9.17) is 21.1 Å². The van der Waals surface area contributed by atoms with E-state index < -0.39 is 41.6 Å². The van der Waals surface area contributed by atoms with Gasteiger partial charge in [0, 0.05) is 24.3 Å². The second-order valence-corrected chi connectivity index (χ2v) is 16.2. The van der Waals surface area contributed by atoms with Gasteiger partial charge in [-0.15, -0.1) is 10.2 Å². The molecule has 16 heteroatoms. The van der Waals surface area contributed by atoms with Crippen LogP contribution in [0.4, 0.5) is 27.8 Å². The predicted octanol–water partition coefficient (Wildman–Crippen LogP) is 11.2. The number of benzene rings is 4. The number of halogens is 1. The number of esters is 1. The van der Waals surface area contributed by atoms with Gasteiger partial charge in [0.25, 0.3) is 11.8 Å². The van der Waals surface area contributed by atoms with Crippen molar-refractivity contribution < 1.29 is 33.4 Å². The van der Waals surface area contributed by atoms with Gasteiger partial charge in [-0.1, -0.05) is 107 Å². The summed E-state index contributed by atoms with van der Waals surface area (Å²) < 4.78 is 16.7. The molecule has 0 bridgehead atoms. The second kappa shape index (κ2) is 22.1. The highest BCUT2D eigenvalue weighted by molar-refractivity contribution is 7.11. The zero-order valence-electron chi connectivity index (χ0n) is 34.9. The number of aromatic nitrogens is 1. The third-order valence-corrected chi connectivity index (χ3v) is 11.1. The first-order valence-corrected chi connectivity index (χ1v) is 22.0. The van der Waals surface area contributed by atoms with E-state index in [0.717, 1.165) is 42.2 Å². The summed E-state index contributed by atoms with van der Waals surface area (Å²) in [6, 6.07) is 23.1. The Balaban J connectivity index is 1.30. The van der Waals surface area contributed by atoms with Crippen LogP contribution in [0.15, 0.2) is 95.2 Å². The minimum absolute atomic E-state index is 0.0535. The number of carbonyl (C=O) groups is 5. The van der Waals surface area contributed by atoms with Crippen LogP contribution < -0.4 is 25.8 Å². The van der Waals surface area contributed by atoms with E-state index in [-0.39, 0.29) is 40.5 Å². The minimum Gasteiger partial charge on any atom is -0.480 e. The van der Waals surface area contributed by atoms with E-state index in [1.165, 1.54) is 70.6 Å². The molecule has 3 N–H and O–H groups in total. The van der Waals surface area contributed by atoms with Crippen molar-refractivity contribution in [1.82, 2.24) is 9.80 Å². The Bertz CT molecular complexity index is 2390. The highest BCUT2D eigenvalue weighted by atomic mass is 35.5. The molecule has 6 rings (SSSR count). The average Bonchev–Trinajstić information content (AvgIpc) is 3.79.